The van der Waals surface area contributed by atoms with Crippen LogP contribution in [0.5, 0.6) is 0 Å². The molecule has 0 aliphatic carbocycles. The van der Waals surface area contributed by atoms with Gasteiger partial charge in [-0.1, -0.05) is 23.9 Å². The highest BCUT2D eigenvalue weighted by Gasteiger charge is 2.23. The van der Waals surface area contributed by atoms with Crippen LogP contribution in [0.2, 0.25) is 0 Å². The van der Waals surface area contributed by atoms with E-state index in [1.54, 1.807) is 48.3 Å². The third kappa shape index (κ3) is 4.21. The number of anilines is 1. The molecule has 0 bridgehead atoms. The zero-order chi connectivity index (χ0) is 20.2. The van der Waals surface area contributed by atoms with Gasteiger partial charge in [-0.3, -0.25) is 4.79 Å². The molecular weight excluding hydrogens is 393 g/mol. The summed E-state index contributed by atoms with van der Waals surface area (Å²) in [5.41, 5.74) is 0.389. The maximum Gasteiger partial charge on any atom is 0.233 e. The number of benzene rings is 1. The first-order valence-corrected chi connectivity index (χ1v) is 10.2. The quantitative estimate of drug-likeness (QED) is 0.591. The summed E-state index contributed by atoms with van der Waals surface area (Å²) < 4.78 is 15.7. The maximum atomic E-state index is 14.0. The van der Waals surface area contributed by atoms with Crippen LogP contribution < -0.4 is 4.90 Å². The molecule has 3 aromatic rings. The molecule has 0 saturated carbocycles. The molecule has 8 nitrogen and oxygen atoms in total. The third-order valence-electron chi connectivity index (χ3n) is 4.74. The standard InChI is InChI=1S/C19H20FN7OS/c1-25-17(14-5-2-3-6-15(14)20)23-24-19(25)29-13-16(28)26-9-11-27(12-10-26)18-21-7-4-8-22-18/h2-8H,9-13H2,1H3. The van der Waals surface area contributed by atoms with Crippen LogP contribution in [0.3, 0.4) is 0 Å². The van der Waals surface area contributed by atoms with Gasteiger partial charge in [0.05, 0.1) is 11.3 Å². The number of aromatic nitrogens is 5. The second-order valence-corrected chi connectivity index (χ2v) is 7.49. The fourth-order valence-electron chi connectivity index (χ4n) is 3.15. The Morgan fingerprint density at radius 3 is 2.52 bits per heavy atom. The van der Waals surface area contributed by atoms with Gasteiger partial charge in [0.2, 0.25) is 11.9 Å². The van der Waals surface area contributed by atoms with E-state index < -0.39 is 0 Å². The Hall–Kier alpha value is -3.01. The molecule has 3 heterocycles. The summed E-state index contributed by atoms with van der Waals surface area (Å²) in [7, 11) is 1.77. The number of amides is 1. The lowest BCUT2D eigenvalue weighted by atomic mass is 10.2. The topological polar surface area (TPSA) is 80.0 Å². The Balaban J connectivity index is 1.33. The molecule has 0 atom stereocenters. The molecule has 0 spiro atoms. The number of thioether (sulfide) groups is 1. The molecular formula is C19H20FN7OS. The Morgan fingerprint density at radius 1 is 1.07 bits per heavy atom. The van der Waals surface area contributed by atoms with Gasteiger partial charge in [-0.15, -0.1) is 10.2 Å². The van der Waals surface area contributed by atoms with Crippen LogP contribution in [0.4, 0.5) is 10.3 Å². The van der Waals surface area contributed by atoms with E-state index in [2.05, 4.69) is 25.1 Å². The van der Waals surface area contributed by atoms with Crippen LogP contribution >= 0.6 is 11.8 Å². The lowest BCUT2D eigenvalue weighted by Crippen LogP contribution is -2.49. The fourth-order valence-corrected chi connectivity index (χ4v) is 3.96. The van der Waals surface area contributed by atoms with Gasteiger partial charge in [-0.25, -0.2) is 14.4 Å². The van der Waals surface area contributed by atoms with Crippen LogP contribution in [-0.2, 0) is 11.8 Å². The molecule has 0 unspecified atom stereocenters. The average Bonchev–Trinajstić information content (AvgIpc) is 3.13. The summed E-state index contributed by atoms with van der Waals surface area (Å²) in [5.74, 6) is 1.07. The van der Waals surface area contributed by atoms with E-state index in [-0.39, 0.29) is 17.5 Å². The van der Waals surface area contributed by atoms with Crippen molar-refractivity contribution in [1.29, 1.82) is 0 Å². The minimum absolute atomic E-state index is 0.0408. The number of piperazine rings is 1. The van der Waals surface area contributed by atoms with Crippen molar-refractivity contribution in [2.75, 3.05) is 36.8 Å². The molecule has 0 radical (unpaired) electrons. The summed E-state index contributed by atoms with van der Waals surface area (Å²) in [6.07, 6.45) is 3.43. The van der Waals surface area contributed by atoms with Gasteiger partial charge in [0, 0.05) is 45.6 Å². The molecule has 1 amide bonds. The summed E-state index contributed by atoms with van der Waals surface area (Å²) in [6.45, 7) is 2.64. The van der Waals surface area contributed by atoms with E-state index in [1.165, 1.54) is 17.8 Å². The molecule has 1 saturated heterocycles. The van der Waals surface area contributed by atoms with Gasteiger partial charge in [0.15, 0.2) is 11.0 Å². The van der Waals surface area contributed by atoms with Gasteiger partial charge in [0.25, 0.3) is 0 Å². The predicted molar refractivity (Wildman–Crippen MR) is 108 cm³/mol. The molecule has 29 heavy (non-hydrogen) atoms. The van der Waals surface area contributed by atoms with Crippen molar-refractivity contribution in [2.45, 2.75) is 5.16 Å². The average molecular weight is 413 g/mol. The molecule has 4 rings (SSSR count). The van der Waals surface area contributed by atoms with E-state index in [0.717, 1.165) is 0 Å². The molecule has 1 aliphatic heterocycles. The smallest absolute Gasteiger partial charge is 0.233 e. The first kappa shape index (κ1) is 19.3. The van der Waals surface area contributed by atoms with Crippen LogP contribution in [0.1, 0.15) is 0 Å². The summed E-state index contributed by atoms with van der Waals surface area (Å²) in [6, 6.07) is 8.22. The van der Waals surface area contributed by atoms with Crippen LogP contribution in [0, 0.1) is 5.82 Å². The van der Waals surface area contributed by atoms with E-state index in [1.807, 2.05) is 4.90 Å². The van der Waals surface area contributed by atoms with Gasteiger partial charge < -0.3 is 14.4 Å². The molecule has 0 N–H and O–H groups in total. The second-order valence-electron chi connectivity index (χ2n) is 6.55. The third-order valence-corrected chi connectivity index (χ3v) is 5.75. The van der Waals surface area contributed by atoms with Gasteiger partial charge in [0.1, 0.15) is 5.82 Å². The first-order chi connectivity index (χ1) is 14.1. The van der Waals surface area contributed by atoms with E-state index in [9.17, 15) is 9.18 Å². The van der Waals surface area contributed by atoms with Crippen molar-refractivity contribution in [3.8, 4) is 11.4 Å². The highest BCUT2D eigenvalue weighted by Crippen LogP contribution is 2.25. The van der Waals surface area contributed by atoms with Crippen LogP contribution in [0.25, 0.3) is 11.4 Å². The number of hydrogen-bond donors (Lipinski definition) is 0. The molecule has 2 aromatic heterocycles. The van der Waals surface area contributed by atoms with Gasteiger partial charge in [-0.2, -0.15) is 0 Å². The molecule has 1 aliphatic rings. The van der Waals surface area contributed by atoms with Crippen molar-refractivity contribution >= 4 is 23.6 Å². The molecule has 150 valence electrons. The van der Waals surface area contributed by atoms with E-state index in [0.29, 0.717) is 48.7 Å². The van der Waals surface area contributed by atoms with E-state index >= 15 is 0 Å². The molecule has 1 fully saturated rings. The Morgan fingerprint density at radius 2 is 1.79 bits per heavy atom. The Kier molecular flexibility index (Phi) is 5.70. The SMILES string of the molecule is Cn1c(SCC(=O)N2CCN(c3ncccn3)CC2)nnc1-c1ccccc1F. The maximum absolute atomic E-state index is 14.0. The summed E-state index contributed by atoms with van der Waals surface area (Å²) in [5, 5.41) is 8.78. The normalized spacial score (nSPS) is 14.3. The predicted octanol–water partition coefficient (Wildman–Crippen LogP) is 1.85. The fraction of sp³-hybridized carbons (Fsp3) is 0.316. The Labute approximate surface area is 171 Å². The largest absolute Gasteiger partial charge is 0.338 e. The van der Waals surface area contributed by atoms with Crippen molar-refractivity contribution in [3.05, 3.63) is 48.5 Å². The zero-order valence-electron chi connectivity index (χ0n) is 15.9. The molecule has 10 heteroatoms. The monoisotopic (exact) mass is 413 g/mol. The second kappa shape index (κ2) is 8.56. The van der Waals surface area contributed by atoms with Gasteiger partial charge in [-0.05, 0) is 18.2 Å². The number of carbonyl (C=O) groups is 1. The minimum Gasteiger partial charge on any atom is -0.338 e. The first-order valence-electron chi connectivity index (χ1n) is 9.20. The lowest BCUT2D eigenvalue weighted by Gasteiger charge is -2.34. The number of hydrogen-bond acceptors (Lipinski definition) is 7. The zero-order valence-corrected chi connectivity index (χ0v) is 16.7. The summed E-state index contributed by atoms with van der Waals surface area (Å²) >= 11 is 1.30. The lowest BCUT2D eigenvalue weighted by molar-refractivity contribution is -0.128. The van der Waals surface area contributed by atoms with Crippen LogP contribution in [0.15, 0.2) is 47.9 Å². The summed E-state index contributed by atoms with van der Waals surface area (Å²) in [4.78, 5) is 25.0. The van der Waals surface area contributed by atoms with Crippen molar-refractivity contribution in [3.63, 3.8) is 0 Å². The Bertz CT molecular complexity index is 989. The molecule has 1 aromatic carbocycles. The highest BCUT2D eigenvalue weighted by molar-refractivity contribution is 7.99. The van der Waals surface area contributed by atoms with E-state index in [4.69, 9.17) is 0 Å². The number of nitrogens with zero attached hydrogens (tertiary/aromatic N) is 7. The van der Waals surface area contributed by atoms with Crippen molar-refractivity contribution < 1.29 is 9.18 Å². The number of carbonyl (C=O) groups excluding carboxylic acids is 1. The minimum atomic E-state index is -0.351. The van der Waals surface area contributed by atoms with Crippen LogP contribution in [-0.4, -0.2) is 67.5 Å². The van der Waals surface area contributed by atoms with Crippen molar-refractivity contribution in [2.24, 2.45) is 7.05 Å². The van der Waals surface area contributed by atoms with Crippen molar-refractivity contribution in [1.82, 2.24) is 29.6 Å². The number of rotatable bonds is 5. The number of halogens is 1. The highest BCUT2D eigenvalue weighted by atomic mass is 32.2. The van der Waals surface area contributed by atoms with Gasteiger partial charge >= 0.3 is 0 Å².